The molecule has 0 aliphatic rings. The lowest BCUT2D eigenvalue weighted by Gasteiger charge is -2.16. The molecule has 0 atom stereocenters. The molecule has 0 aliphatic heterocycles. The third-order valence-electron chi connectivity index (χ3n) is 3.00. The number of anilines is 2. The second kappa shape index (κ2) is 6.42. The summed E-state index contributed by atoms with van der Waals surface area (Å²) >= 11 is 6.15. The van der Waals surface area contributed by atoms with Gasteiger partial charge in [0, 0.05) is 11.6 Å². The van der Waals surface area contributed by atoms with Gasteiger partial charge in [-0.25, -0.2) is 9.97 Å². The smallest absolute Gasteiger partial charge is 0.143 e. The van der Waals surface area contributed by atoms with Crippen LogP contribution in [-0.4, -0.2) is 17.1 Å². The lowest BCUT2D eigenvalue weighted by Crippen LogP contribution is -2.04. The Morgan fingerprint density at radius 1 is 1.33 bits per heavy atom. The van der Waals surface area contributed by atoms with E-state index in [-0.39, 0.29) is 5.92 Å². The zero-order valence-corrected chi connectivity index (χ0v) is 12.8. The van der Waals surface area contributed by atoms with Crippen LogP contribution in [0.2, 0.25) is 5.15 Å². The molecule has 6 heteroatoms. The van der Waals surface area contributed by atoms with E-state index < -0.39 is 0 Å². The number of hydrogen-bond donors (Lipinski definition) is 1. The Labute approximate surface area is 128 Å². The van der Waals surface area contributed by atoms with Crippen LogP contribution in [0, 0.1) is 11.3 Å². The van der Waals surface area contributed by atoms with E-state index in [0.717, 1.165) is 5.56 Å². The highest BCUT2D eigenvalue weighted by Gasteiger charge is 2.15. The van der Waals surface area contributed by atoms with E-state index in [1.54, 1.807) is 25.3 Å². The molecule has 21 heavy (non-hydrogen) atoms. The average molecular weight is 303 g/mol. The maximum absolute atomic E-state index is 8.93. The van der Waals surface area contributed by atoms with Gasteiger partial charge in [0.2, 0.25) is 0 Å². The topological polar surface area (TPSA) is 70.8 Å². The summed E-state index contributed by atoms with van der Waals surface area (Å²) in [5.74, 6) is 1.37. The Morgan fingerprint density at radius 3 is 2.71 bits per heavy atom. The van der Waals surface area contributed by atoms with Gasteiger partial charge in [-0.15, -0.1) is 0 Å². The van der Waals surface area contributed by atoms with Gasteiger partial charge in [-0.1, -0.05) is 25.4 Å². The molecular formula is C15H15ClN4O. The summed E-state index contributed by atoms with van der Waals surface area (Å²) in [6.07, 6.45) is 1.41. The molecule has 2 aromatic rings. The maximum atomic E-state index is 8.93. The Hall–Kier alpha value is -2.32. The van der Waals surface area contributed by atoms with Crippen LogP contribution >= 0.6 is 11.6 Å². The predicted molar refractivity (Wildman–Crippen MR) is 82.1 cm³/mol. The first-order valence-corrected chi connectivity index (χ1v) is 6.80. The number of halogens is 1. The summed E-state index contributed by atoms with van der Waals surface area (Å²) in [6.45, 7) is 4.04. The number of nitrogens with one attached hydrogen (secondary N) is 1. The zero-order chi connectivity index (χ0) is 15.4. The number of benzene rings is 1. The van der Waals surface area contributed by atoms with Crippen LogP contribution in [0.15, 0.2) is 24.5 Å². The van der Waals surface area contributed by atoms with Crippen LogP contribution < -0.4 is 10.1 Å². The average Bonchev–Trinajstić information content (AvgIpc) is 2.47. The van der Waals surface area contributed by atoms with Gasteiger partial charge in [-0.3, -0.25) is 0 Å². The lowest BCUT2D eigenvalue weighted by molar-refractivity contribution is 0.416. The highest BCUT2D eigenvalue weighted by Crippen LogP contribution is 2.33. The van der Waals surface area contributed by atoms with E-state index in [9.17, 15) is 0 Å². The molecule has 1 N–H and O–H groups in total. The number of nitrogens with zero attached hydrogens (tertiary/aromatic N) is 3. The molecule has 1 aromatic carbocycles. The van der Waals surface area contributed by atoms with Crippen molar-refractivity contribution in [2.45, 2.75) is 19.8 Å². The van der Waals surface area contributed by atoms with Gasteiger partial charge < -0.3 is 10.1 Å². The van der Waals surface area contributed by atoms with Crippen molar-refractivity contribution in [3.63, 3.8) is 0 Å². The molecule has 0 bridgehead atoms. The van der Waals surface area contributed by atoms with E-state index in [4.69, 9.17) is 21.6 Å². The molecule has 0 fully saturated rings. The maximum Gasteiger partial charge on any atom is 0.143 e. The molecule has 0 unspecified atom stereocenters. The van der Waals surface area contributed by atoms with Crippen molar-refractivity contribution in [2.24, 2.45) is 0 Å². The molecule has 0 saturated carbocycles. The number of methoxy groups -OCH3 is 1. The first-order valence-electron chi connectivity index (χ1n) is 6.42. The van der Waals surface area contributed by atoms with Crippen molar-refractivity contribution in [1.29, 1.82) is 5.26 Å². The molecular weight excluding hydrogens is 288 g/mol. The minimum absolute atomic E-state index is 0.172. The summed E-state index contributed by atoms with van der Waals surface area (Å²) in [5.41, 5.74) is 2.08. The fourth-order valence-corrected chi connectivity index (χ4v) is 2.33. The van der Waals surface area contributed by atoms with Crippen LogP contribution in [0.4, 0.5) is 11.5 Å². The number of ether oxygens (including phenoxy) is 1. The van der Waals surface area contributed by atoms with Gasteiger partial charge >= 0.3 is 0 Å². The Bertz CT molecular complexity index is 695. The van der Waals surface area contributed by atoms with Crippen molar-refractivity contribution in [3.8, 4) is 11.8 Å². The van der Waals surface area contributed by atoms with Crippen molar-refractivity contribution in [2.75, 3.05) is 12.4 Å². The minimum atomic E-state index is 0.172. The third kappa shape index (κ3) is 3.23. The van der Waals surface area contributed by atoms with Crippen LogP contribution in [-0.2, 0) is 0 Å². The van der Waals surface area contributed by atoms with Crippen molar-refractivity contribution >= 4 is 23.1 Å². The summed E-state index contributed by atoms with van der Waals surface area (Å²) in [4.78, 5) is 8.26. The molecule has 0 aliphatic carbocycles. The van der Waals surface area contributed by atoms with E-state index in [2.05, 4.69) is 21.4 Å². The largest absolute Gasteiger partial charge is 0.495 e. The summed E-state index contributed by atoms with van der Waals surface area (Å²) in [6, 6.07) is 7.23. The standard InChI is InChI=1S/C15H15ClN4O/c1-9(2)13-14(16)18-8-19-15(13)20-11-5-4-10(7-17)6-12(11)21-3/h4-6,8-9H,1-3H3,(H,18,19,20). The quantitative estimate of drug-likeness (QED) is 0.868. The van der Waals surface area contributed by atoms with Crippen molar-refractivity contribution in [3.05, 3.63) is 40.8 Å². The molecule has 0 saturated heterocycles. The molecule has 0 amide bonds. The fraction of sp³-hybridized carbons (Fsp3) is 0.267. The van der Waals surface area contributed by atoms with Gasteiger partial charge in [0.05, 0.1) is 24.4 Å². The Balaban J connectivity index is 2.44. The van der Waals surface area contributed by atoms with Gasteiger partial charge in [-0.2, -0.15) is 5.26 Å². The third-order valence-corrected chi connectivity index (χ3v) is 3.30. The number of aromatic nitrogens is 2. The minimum Gasteiger partial charge on any atom is -0.495 e. The summed E-state index contributed by atoms with van der Waals surface area (Å²) < 4.78 is 5.30. The van der Waals surface area contributed by atoms with Gasteiger partial charge in [0.1, 0.15) is 23.0 Å². The van der Waals surface area contributed by atoms with Crippen LogP contribution in [0.25, 0.3) is 0 Å². The van der Waals surface area contributed by atoms with E-state index in [0.29, 0.717) is 28.0 Å². The lowest BCUT2D eigenvalue weighted by atomic mass is 10.1. The summed E-state index contributed by atoms with van der Waals surface area (Å²) in [7, 11) is 1.55. The van der Waals surface area contributed by atoms with Crippen LogP contribution in [0.5, 0.6) is 5.75 Å². The first-order chi connectivity index (χ1) is 10.1. The van der Waals surface area contributed by atoms with Crippen LogP contribution in [0.3, 0.4) is 0 Å². The zero-order valence-electron chi connectivity index (χ0n) is 12.0. The second-order valence-electron chi connectivity index (χ2n) is 4.73. The number of rotatable bonds is 4. The van der Waals surface area contributed by atoms with Crippen LogP contribution in [0.1, 0.15) is 30.9 Å². The summed E-state index contributed by atoms with van der Waals surface area (Å²) in [5, 5.41) is 12.5. The van der Waals surface area contributed by atoms with E-state index in [1.807, 2.05) is 13.8 Å². The van der Waals surface area contributed by atoms with Gasteiger partial charge in [0.15, 0.2) is 0 Å². The SMILES string of the molecule is COc1cc(C#N)ccc1Nc1ncnc(Cl)c1C(C)C. The Kier molecular flexibility index (Phi) is 4.61. The molecule has 5 nitrogen and oxygen atoms in total. The van der Waals surface area contributed by atoms with Crippen molar-refractivity contribution < 1.29 is 4.74 Å². The molecule has 1 aromatic heterocycles. The second-order valence-corrected chi connectivity index (χ2v) is 5.09. The molecule has 108 valence electrons. The fourth-order valence-electron chi connectivity index (χ4n) is 1.98. The number of nitriles is 1. The molecule has 0 spiro atoms. The van der Waals surface area contributed by atoms with Crippen molar-refractivity contribution in [1.82, 2.24) is 9.97 Å². The number of hydrogen-bond acceptors (Lipinski definition) is 5. The highest BCUT2D eigenvalue weighted by atomic mass is 35.5. The normalized spacial score (nSPS) is 10.3. The van der Waals surface area contributed by atoms with Gasteiger partial charge in [-0.05, 0) is 18.1 Å². The molecule has 2 rings (SSSR count). The monoisotopic (exact) mass is 302 g/mol. The van der Waals surface area contributed by atoms with Gasteiger partial charge in [0.25, 0.3) is 0 Å². The Morgan fingerprint density at radius 2 is 2.10 bits per heavy atom. The predicted octanol–water partition coefficient (Wildman–Crippen LogP) is 3.88. The molecule has 1 heterocycles. The first kappa shape index (κ1) is 15.1. The highest BCUT2D eigenvalue weighted by molar-refractivity contribution is 6.30. The van der Waals surface area contributed by atoms with E-state index >= 15 is 0 Å². The molecule has 0 radical (unpaired) electrons. The van der Waals surface area contributed by atoms with E-state index in [1.165, 1.54) is 6.33 Å².